The molecule has 0 bridgehead atoms. The molecule has 0 amide bonds. The van der Waals surface area contributed by atoms with Crippen LogP contribution in [0, 0.1) is 20.8 Å². The van der Waals surface area contributed by atoms with E-state index in [0.29, 0.717) is 6.61 Å². The van der Waals surface area contributed by atoms with Crippen molar-refractivity contribution in [1.82, 2.24) is 9.55 Å². The van der Waals surface area contributed by atoms with Crippen LogP contribution in [-0.2, 0) is 9.53 Å². The van der Waals surface area contributed by atoms with Crippen LogP contribution in [0.25, 0.3) is 11.9 Å². The number of hydrogen-bond donors (Lipinski definition) is 2. The van der Waals surface area contributed by atoms with Crippen molar-refractivity contribution in [2.75, 3.05) is 11.9 Å². The maximum atomic E-state index is 11.8. The predicted octanol–water partition coefficient (Wildman–Crippen LogP) is 4.09. The Morgan fingerprint density at radius 3 is 2.52 bits per heavy atom. The summed E-state index contributed by atoms with van der Waals surface area (Å²) in [5, 5.41) is 13.4. The number of nitrogens with one attached hydrogen (secondary N) is 1. The number of carbonyl (C=O) groups excluding carboxylic acids is 1. The van der Waals surface area contributed by atoms with E-state index in [0.717, 1.165) is 59.8 Å². The Balaban J connectivity index is 1.98. The minimum absolute atomic E-state index is 0.206. The molecule has 2 N–H and O–H groups in total. The zero-order chi connectivity index (χ0) is 21.0. The second-order valence-corrected chi connectivity index (χ2v) is 7.75. The number of ether oxygens (including phenoxy) is 1. The average molecular weight is 398 g/mol. The standard InChI is InChI=1S/C23H31N3O3/c1-5-29-22(28)13-12-20-15(2)14-21(26-16(3)6-7-17(26)4)25-23(20)24-18-8-10-19(27)11-9-18/h6-7,12-14,18-19,27H,5,8-11H2,1-4H3,(H,24,25)/b13-12+/t18-,19-. The summed E-state index contributed by atoms with van der Waals surface area (Å²) in [7, 11) is 0. The zero-order valence-electron chi connectivity index (χ0n) is 17.7. The molecular formula is C23H31N3O3. The van der Waals surface area contributed by atoms with Crippen LogP contribution in [0.3, 0.4) is 0 Å². The van der Waals surface area contributed by atoms with Gasteiger partial charge in [-0.2, -0.15) is 0 Å². The van der Waals surface area contributed by atoms with Gasteiger partial charge in [-0.1, -0.05) is 0 Å². The van der Waals surface area contributed by atoms with Gasteiger partial charge in [-0.15, -0.1) is 0 Å². The number of aliphatic hydroxyl groups excluding tert-OH is 1. The molecule has 1 aliphatic carbocycles. The molecule has 29 heavy (non-hydrogen) atoms. The van der Waals surface area contributed by atoms with E-state index in [1.165, 1.54) is 6.08 Å². The Labute approximate surface area is 172 Å². The predicted molar refractivity (Wildman–Crippen MR) is 115 cm³/mol. The summed E-state index contributed by atoms with van der Waals surface area (Å²) in [6.07, 6.45) is 6.40. The van der Waals surface area contributed by atoms with Gasteiger partial charge >= 0.3 is 5.97 Å². The van der Waals surface area contributed by atoms with E-state index in [-0.39, 0.29) is 18.1 Å². The fraction of sp³-hybridized carbons (Fsp3) is 0.478. The van der Waals surface area contributed by atoms with Crippen LogP contribution in [-0.4, -0.2) is 39.4 Å². The van der Waals surface area contributed by atoms with E-state index < -0.39 is 0 Å². The molecule has 1 saturated carbocycles. The molecule has 1 fully saturated rings. The molecule has 1 aliphatic rings. The van der Waals surface area contributed by atoms with Gasteiger partial charge in [0, 0.05) is 29.1 Å². The van der Waals surface area contributed by atoms with Gasteiger partial charge < -0.3 is 19.7 Å². The van der Waals surface area contributed by atoms with Gasteiger partial charge in [0.25, 0.3) is 0 Å². The SMILES string of the molecule is CCOC(=O)/C=C/c1c(C)cc(-n2c(C)ccc2C)nc1N[C@H]1CC[C@H](O)CC1. The molecule has 2 heterocycles. The number of hydrogen-bond acceptors (Lipinski definition) is 5. The maximum absolute atomic E-state index is 11.8. The van der Waals surface area contributed by atoms with E-state index in [9.17, 15) is 9.90 Å². The number of esters is 1. The van der Waals surface area contributed by atoms with Crippen molar-refractivity contribution in [3.63, 3.8) is 0 Å². The molecule has 0 aliphatic heterocycles. The van der Waals surface area contributed by atoms with Gasteiger partial charge in [-0.25, -0.2) is 9.78 Å². The van der Waals surface area contributed by atoms with Gasteiger partial charge in [0.1, 0.15) is 11.6 Å². The molecule has 2 aromatic rings. The third kappa shape index (κ3) is 5.07. The van der Waals surface area contributed by atoms with Crippen molar-refractivity contribution in [2.24, 2.45) is 0 Å². The lowest BCUT2D eigenvalue weighted by Crippen LogP contribution is -2.29. The van der Waals surface area contributed by atoms with Crippen molar-refractivity contribution in [2.45, 2.75) is 65.5 Å². The number of aliphatic hydroxyl groups is 1. The Hall–Kier alpha value is -2.60. The van der Waals surface area contributed by atoms with Crippen LogP contribution in [0.1, 0.15) is 55.1 Å². The van der Waals surface area contributed by atoms with Gasteiger partial charge in [0.15, 0.2) is 0 Å². The molecule has 0 unspecified atom stereocenters. The molecule has 0 atom stereocenters. The number of aromatic nitrogens is 2. The number of carbonyl (C=O) groups is 1. The van der Waals surface area contributed by atoms with Gasteiger partial charge in [0.05, 0.1) is 12.7 Å². The summed E-state index contributed by atoms with van der Waals surface area (Å²) in [5.41, 5.74) is 4.16. The highest BCUT2D eigenvalue weighted by atomic mass is 16.5. The van der Waals surface area contributed by atoms with E-state index in [1.807, 2.05) is 13.0 Å². The quantitative estimate of drug-likeness (QED) is 0.567. The Kier molecular flexibility index (Phi) is 6.75. The highest BCUT2D eigenvalue weighted by Gasteiger charge is 2.21. The first-order valence-electron chi connectivity index (χ1n) is 10.4. The molecular weight excluding hydrogens is 366 g/mol. The smallest absolute Gasteiger partial charge is 0.330 e. The third-order valence-electron chi connectivity index (χ3n) is 5.46. The normalized spacial score (nSPS) is 19.5. The Bertz CT molecular complexity index is 874. The summed E-state index contributed by atoms with van der Waals surface area (Å²) >= 11 is 0. The molecule has 0 aromatic carbocycles. The van der Waals surface area contributed by atoms with E-state index in [1.54, 1.807) is 13.0 Å². The van der Waals surface area contributed by atoms with Crippen molar-refractivity contribution < 1.29 is 14.6 Å². The zero-order valence-corrected chi connectivity index (χ0v) is 17.7. The maximum Gasteiger partial charge on any atom is 0.330 e. The lowest BCUT2D eigenvalue weighted by molar-refractivity contribution is -0.137. The van der Waals surface area contributed by atoms with E-state index in [2.05, 4.69) is 35.9 Å². The lowest BCUT2D eigenvalue weighted by atomic mass is 9.93. The van der Waals surface area contributed by atoms with Crippen LogP contribution in [0.4, 0.5) is 5.82 Å². The van der Waals surface area contributed by atoms with E-state index in [4.69, 9.17) is 9.72 Å². The van der Waals surface area contributed by atoms with Crippen LogP contribution in [0.15, 0.2) is 24.3 Å². The Morgan fingerprint density at radius 1 is 1.24 bits per heavy atom. The minimum atomic E-state index is -0.361. The minimum Gasteiger partial charge on any atom is -0.463 e. The number of anilines is 1. The number of aryl methyl sites for hydroxylation is 3. The summed E-state index contributed by atoms with van der Waals surface area (Å²) in [5.74, 6) is 1.25. The molecule has 0 spiro atoms. The largest absolute Gasteiger partial charge is 0.463 e. The first-order chi connectivity index (χ1) is 13.9. The monoisotopic (exact) mass is 397 g/mol. The average Bonchev–Trinajstić information content (AvgIpc) is 3.01. The van der Waals surface area contributed by atoms with Crippen LogP contribution < -0.4 is 5.32 Å². The molecule has 156 valence electrons. The van der Waals surface area contributed by atoms with Gasteiger partial charge in [-0.05, 0) is 83.2 Å². The highest BCUT2D eigenvalue weighted by molar-refractivity contribution is 5.88. The highest BCUT2D eigenvalue weighted by Crippen LogP contribution is 2.28. The molecule has 2 aromatic heterocycles. The van der Waals surface area contributed by atoms with Crippen molar-refractivity contribution >= 4 is 17.9 Å². The summed E-state index contributed by atoms with van der Waals surface area (Å²) in [6.45, 7) is 8.29. The first-order valence-corrected chi connectivity index (χ1v) is 10.4. The number of pyridine rings is 1. The molecule has 6 nitrogen and oxygen atoms in total. The van der Waals surface area contributed by atoms with Crippen molar-refractivity contribution in [1.29, 1.82) is 0 Å². The number of rotatable bonds is 6. The van der Waals surface area contributed by atoms with Crippen LogP contribution in [0.2, 0.25) is 0 Å². The third-order valence-corrected chi connectivity index (χ3v) is 5.46. The summed E-state index contributed by atoms with van der Waals surface area (Å²) in [4.78, 5) is 16.7. The van der Waals surface area contributed by atoms with E-state index >= 15 is 0 Å². The number of nitrogens with zero attached hydrogens (tertiary/aromatic N) is 2. The van der Waals surface area contributed by atoms with Crippen LogP contribution >= 0.6 is 0 Å². The summed E-state index contributed by atoms with van der Waals surface area (Å²) < 4.78 is 7.15. The van der Waals surface area contributed by atoms with Gasteiger partial charge in [-0.3, -0.25) is 0 Å². The van der Waals surface area contributed by atoms with Crippen molar-refractivity contribution in [3.8, 4) is 5.82 Å². The molecule has 6 heteroatoms. The molecule has 0 saturated heterocycles. The second-order valence-electron chi connectivity index (χ2n) is 7.75. The fourth-order valence-electron chi connectivity index (χ4n) is 3.89. The molecule has 0 radical (unpaired) electrons. The van der Waals surface area contributed by atoms with Crippen molar-refractivity contribution in [3.05, 3.63) is 46.8 Å². The van der Waals surface area contributed by atoms with Gasteiger partial charge in [0.2, 0.25) is 0 Å². The topological polar surface area (TPSA) is 76.4 Å². The van der Waals surface area contributed by atoms with Crippen LogP contribution in [0.5, 0.6) is 0 Å². The lowest BCUT2D eigenvalue weighted by Gasteiger charge is -2.28. The summed E-state index contributed by atoms with van der Waals surface area (Å²) in [6, 6.07) is 6.45. The Morgan fingerprint density at radius 2 is 1.90 bits per heavy atom. The first kappa shape index (κ1) is 21.1. The second kappa shape index (κ2) is 9.27. The molecule has 3 rings (SSSR count). The fourth-order valence-corrected chi connectivity index (χ4v) is 3.89.